The minimum absolute atomic E-state index is 0. The van der Waals surface area contributed by atoms with Crippen LogP contribution in [-0.4, -0.2) is 61.7 Å². The average molecular weight is 335 g/mol. The Kier molecular flexibility index (Phi) is 9.25. The number of β-amino-alcohol motifs (C(OH)–C–C–N with tert-alkyl or cyclic N) is 1. The Bertz CT molecular complexity index is 298. The summed E-state index contributed by atoms with van der Waals surface area (Å²) in [5.74, 6) is 2.07. The van der Waals surface area contributed by atoms with Gasteiger partial charge < -0.3 is 27.0 Å². The second-order valence-corrected chi connectivity index (χ2v) is 7.26. The second kappa shape index (κ2) is 10.1. The molecule has 1 N–H and O–H groups in total. The number of hydrogen-bond donors (Lipinski definition) is 1. The molecule has 2 rings (SSSR count). The molecule has 2 aliphatic rings. The molecule has 0 amide bonds. The molecule has 0 spiro atoms. The van der Waals surface area contributed by atoms with Gasteiger partial charge in [-0.25, -0.2) is 0 Å². The van der Waals surface area contributed by atoms with Crippen molar-refractivity contribution in [1.29, 1.82) is 0 Å². The highest BCUT2D eigenvalue weighted by molar-refractivity contribution is 4.81. The van der Waals surface area contributed by atoms with Crippen LogP contribution in [0.3, 0.4) is 0 Å². The fourth-order valence-electron chi connectivity index (χ4n) is 3.68. The van der Waals surface area contributed by atoms with E-state index in [0.29, 0.717) is 31.1 Å². The van der Waals surface area contributed by atoms with Crippen molar-refractivity contribution in [3.63, 3.8) is 0 Å². The van der Waals surface area contributed by atoms with Gasteiger partial charge in [0.1, 0.15) is 0 Å². The molecule has 4 unspecified atom stereocenters. The number of halogens is 1. The molecule has 0 bridgehead atoms. The van der Waals surface area contributed by atoms with Gasteiger partial charge in [0.15, 0.2) is 0 Å². The number of aliphatic hydroxyl groups is 1. The van der Waals surface area contributed by atoms with E-state index in [1.807, 2.05) is 0 Å². The standard InChI is InChI=1S/C17H33NO3.ClH/c1-13(2)16-5-4-14(3)10-17(16)21-12-15(19)11-18-6-8-20-9-7-18;/h13-17,19H,4-12H2,1-3H3;1H/p-1. The first-order valence-corrected chi connectivity index (χ1v) is 8.66. The fraction of sp³-hybridized carbons (Fsp3) is 1.00. The van der Waals surface area contributed by atoms with Gasteiger partial charge >= 0.3 is 0 Å². The van der Waals surface area contributed by atoms with Crippen LogP contribution >= 0.6 is 0 Å². The number of ether oxygens (including phenoxy) is 2. The van der Waals surface area contributed by atoms with E-state index in [1.54, 1.807) is 0 Å². The van der Waals surface area contributed by atoms with Gasteiger partial charge in [-0.1, -0.05) is 27.2 Å². The molecule has 1 aliphatic carbocycles. The first-order valence-electron chi connectivity index (χ1n) is 8.66. The third-order valence-electron chi connectivity index (χ3n) is 5.04. The Morgan fingerprint density at radius 1 is 1.23 bits per heavy atom. The zero-order valence-corrected chi connectivity index (χ0v) is 15.1. The minimum atomic E-state index is -0.381. The van der Waals surface area contributed by atoms with Crippen molar-refractivity contribution >= 4 is 0 Å². The van der Waals surface area contributed by atoms with E-state index < -0.39 is 0 Å². The quantitative estimate of drug-likeness (QED) is 0.688. The van der Waals surface area contributed by atoms with Crippen LogP contribution in [0.4, 0.5) is 0 Å². The van der Waals surface area contributed by atoms with Crippen molar-refractivity contribution in [2.24, 2.45) is 17.8 Å². The molecule has 1 heterocycles. The molecule has 0 radical (unpaired) electrons. The first kappa shape index (κ1) is 20.2. The molecule has 5 heteroatoms. The summed E-state index contributed by atoms with van der Waals surface area (Å²) in [6, 6.07) is 0. The second-order valence-electron chi connectivity index (χ2n) is 7.26. The third-order valence-corrected chi connectivity index (χ3v) is 5.04. The summed E-state index contributed by atoms with van der Waals surface area (Å²) in [4.78, 5) is 2.26. The SMILES string of the molecule is CC1CCC(C(C)C)C(OCC(O)CN2CCOCC2)C1.[Cl-]. The average Bonchev–Trinajstić information content (AvgIpc) is 2.46. The van der Waals surface area contributed by atoms with E-state index in [-0.39, 0.29) is 18.5 Å². The van der Waals surface area contributed by atoms with E-state index in [2.05, 4.69) is 25.7 Å². The Morgan fingerprint density at radius 3 is 2.55 bits per heavy atom. The largest absolute Gasteiger partial charge is 1.00 e. The lowest BCUT2D eigenvalue weighted by Gasteiger charge is -2.38. The monoisotopic (exact) mass is 334 g/mol. The Balaban J connectivity index is 0.00000242. The maximum absolute atomic E-state index is 10.2. The van der Waals surface area contributed by atoms with Crippen LogP contribution in [0.15, 0.2) is 0 Å². The van der Waals surface area contributed by atoms with E-state index in [0.717, 1.165) is 38.6 Å². The van der Waals surface area contributed by atoms with E-state index in [4.69, 9.17) is 9.47 Å². The van der Waals surface area contributed by atoms with Gasteiger partial charge in [-0.05, 0) is 30.6 Å². The maximum atomic E-state index is 10.2. The van der Waals surface area contributed by atoms with Gasteiger partial charge in [0.25, 0.3) is 0 Å². The zero-order chi connectivity index (χ0) is 15.2. The molecule has 132 valence electrons. The lowest BCUT2D eigenvalue weighted by Crippen LogP contribution is -3.00. The normalized spacial score (nSPS) is 31.8. The van der Waals surface area contributed by atoms with Gasteiger partial charge in [-0.3, -0.25) is 4.90 Å². The van der Waals surface area contributed by atoms with Crippen LogP contribution in [-0.2, 0) is 9.47 Å². The van der Waals surface area contributed by atoms with Crippen molar-refractivity contribution in [2.45, 2.75) is 52.2 Å². The zero-order valence-electron chi connectivity index (χ0n) is 14.3. The smallest absolute Gasteiger partial charge is 0.0900 e. The molecule has 0 aromatic heterocycles. The molecular formula is C17H33ClNO3-. The van der Waals surface area contributed by atoms with Crippen molar-refractivity contribution in [3.8, 4) is 0 Å². The lowest BCUT2D eigenvalue weighted by molar-refractivity contribution is -0.0782. The van der Waals surface area contributed by atoms with E-state index in [1.165, 1.54) is 12.8 Å². The number of rotatable bonds is 6. The van der Waals surface area contributed by atoms with Crippen molar-refractivity contribution in [2.75, 3.05) is 39.5 Å². The summed E-state index contributed by atoms with van der Waals surface area (Å²) >= 11 is 0. The van der Waals surface area contributed by atoms with Gasteiger partial charge in [0.05, 0.1) is 32.0 Å². The summed E-state index contributed by atoms with van der Waals surface area (Å²) in [5.41, 5.74) is 0. The molecule has 0 aromatic carbocycles. The predicted molar refractivity (Wildman–Crippen MR) is 84.3 cm³/mol. The van der Waals surface area contributed by atoms with Crippen LogP contribution in [0.25, 0.3) is 0 Å². The third kappa shape index (κ3) is 6.32. The molecular weight excluding hydrogens is 302 g/mol. The molecule has 4 atom stereocenters. The molecule has 1 saturated heterocycles. The highest BCUT2D eigenvalue weighted by atomic mass is 35.5. The number of aliphatic hydroxyl groups excluding tert-OH is 1. The van der Waals surface area contributed by atoms with Crippen molar-refractivity contribution in [1.82, 2.24) is 4.90 Å². The Morgan fingerprint density at radius 2 is 1.91 bits per heavy atom. The lowest BCUT2D eigenvalue weighted by atomic mass is 9.75. The summed E-state index contributed by atoms with van der Waals surface area (Å²) < 4.78 is 11.5. The van der Waals surface area contributed by atoms with Crippen LogP contribution < -0.4 is 12.4 Å². The van der Waals surface area contributed by atoms with Gasteiger partial charge in [0, 0.05) is 19.6 Å². The summed E-state index contributed by atoms with van der Waals surface area (Å²) in [5, 5.41) is 10.2. The minimum Gasteiger partial charge on any atom is -1.00 e. The van der Waals surface area contributed by atoms with Crippen LogP contribution in [0, 0.1) is 17.8 Å². The fourth-order valence-corrected chi connectivity index (χ4v) is 3.68. The molecule has 1 aliphatic heterocycles. The van der Waals surface area contributed by atoms with Crippen LogP contribution in [0.2, 0.25) is 0 Å². The first-order chi connectivity index (χ1) is 10.1. The van der Waals surface area contributed by atoms with Crippen LogP contribution in [0.5, 0.6) is 0 Å². The number of nitrogens with zero attached hydrogens (tertiary/aromatic N) is 1. The summed E-state index contributed by atoms with van der Waals surface area (Å²) in [6.07, 6.45) is 3.68. The van der Waals surface area contributed by atoms with Crippen LogP contribution in [0.1, 0.15) is 40.0 Å². The molecule has 2 fully saturated rings. The van der Waals surface area contributed by atoms with E-state index in [9.17, 15) is 5.11 Å². The van der Waals surface area contributed by atoms with Gasteiger partial charge in [0.2, 0.25) is 0 Å². The van der Waals surface area contributed by atoms with Crippen molar-refractivity contribution < 1.29 is 27.0 Å². The number of hydrogen-bond acceptors (Lipinski definition) is 4. The summed E-state index contributed by atoms with van der Waals surface area (Å²) in [6.45, 7) is 11.5. The van der Waals surface area contributed by atoms with Gasteiger partial charge in [-0.2, -0.15) is 0 Å². The Labute approximate surface area is 142 Å². The summed E-state index contributed by atoms with van der Waals surface area (Å²) in [7, 11) is 0. The maximum Gasteiger partial charge on any atom is 0.0900 e. The predicted octanol–water partition coefficient (Wildman–Crippen LogP) is -0.839. The topological polar surface area (TPSA) is 41.9 Å². The molecule has 1 saturated carbocycles. The van der Waals surface area contributed by atoms with E-state index >= 15 is 0 Å². The van der Waals surface area contributed by atoms with Gasteiger partial charge in [-0.15, -0.1) is 0 Å². The number of morpholine rings is 1. The Hall–Kier alpha value is 0.130. The molecule has 22 heavy (non-hydrogen) atoms. The highest BCUT2D eigenvalue weighted by Crippen LogP contribution is 2.35. The van der Waals surface area contributed by atoms with Crippen molar-refractivity contribution in [3.05, 3.63) is 0 Å². The highest BCUT2D eigenvalue weighted by Gasteiger charge is 2.31. The molecule has 4 nitrogen and oxygen atoms in total. The molecule has 0 aromatic rings.